The molecule has 0 saturated heterocycles. The molecule has 0 N–H and O–H groups in total. The van der Waals surface area contributed by atoms with Crippen LogP contribution in [0.5, 0.6) is 0 Å². The second-order valence-corrected chi connectivity index (χ2v) is 5.29. The maximum Gasteiger partial charge on any atom is 0.0839 e. The van der Waals surface area contributed by atoms with Gasteiger partial charge in [0.15, 0.2) is 0 Å². The summed E-state index contributed by atoms with van der Waals surface area (Å²) in [5.41, 5.74) is 3.81. The number of aliphatic imine (C=N–C) groups is 1. The normalized spacial score (nSPS) is 14.9. The van der Waals surface area contributed by atoms with Gasteiger partial charge in [0.25, 0.3) is 0 Å². The molecule has 0 spiro atoms. The number of hydrogen-bond donors (Lipinski definition) is 0. The number of thioether (sulfide) groups is 2. The minimum Gasteiger partial charge on any atom is -0.245 e. The van der Waals surface area contributed by atoms with Crippen LogP contribution in [0.2, 0.25) is 0 Å². The van der Waals surface area contributed by atoms with Crippen LogP contribution in [0.15, 0.2) is 22.0 Å². The first-order valence-electron chi connectivity index (χ1n) is 4.56. The van der Waals surface area contributed by atoms with E-state index in [1.165, 1.54) is 21.1 Å². The van der Waals surface area contributed by atoms with Crippen LogP contribution >= 0.6 is 23.5 Å². The maximum atomic E-state index is 4.64. The Labute approximate surface area is 93.4 Å². The number of nitrogens with zero attached hydrogens (tertiary/aromatic N) is 1. The van der Waals surface area contributed by atoms with Crippen LogP contribution in [-0.2, 0) is 0 Å². The first kappa shape index (κ1) is 10.1. The summed E-state index contributed by atoms with van der Waals surface area (Å²) in [6.07, 6.45) is 2.09. The number of rotatable bonds is 0. The molecule has 1 aromatic carbocycles. The number of benzene rings is 1. The van der Waals surface area contributed by atoms with Crippen molar-refractivity contribution in [3.8, 4) is 0 Å². The third-order valence-electron chi connectivity index (χ3n) is 2.22. The molecule has 3 heteroatoms. The molecule has 0 amide bonds. The van der Waals surface area contributed by atoms with Crippen molar-refractivity contribution in [3.05, 3.63) is 23.3 Å². The lowest BCUT2D eigenvalue weighted by molar-refractivity contribution is 1.23. The summed E-state index contributed by atoms with van der Waals surface area (Å²) in [5.74, 6) is 1.03. The Morgan fingerprint density at radius 3 is 2.86 bits per heavy atom. The first-order chi connectivity index (χ1) is 6.70. The van der Waals surface area contributed by atoms with E-state index in [9.17, 15) is 0 Å². The molecule has 0 atom stereocenters. The Balaban J connectivity index is 2.52. The van der Waals surface area contributed by atoms with Gasteiger partial charge in [0, 0.05) is 10.6 Å². The summed E-state index contributed by atoms with van der Waals surface area (Å²) in [6.45, 7) is 4.29. The van der Waals surface area contributed by atoms with Gasteiger partial charge in [0.2, 0.25) is 0 Å². The van der Waals surface area contributed by atoms with Crippen LogP contribution in [0.1, 0.15) is 11.1 Å². The Kier molecular flexibility index (Phi) is 2.88. The monoisotopic (exact) mass is 223 g/mol. The van der Waals surface area contributed by atoms with Crippen LogP contribution in [-0.4, -0.2) is 17.1 Å². The first-order valence-corrected chi connectivity index (χ1v) is 6.77. The van der Waals surface area contributed by atoms with Gasteiger partial charge < -0.3 is 0 Å². The van der Waals surface area contributed by atoms with E-state index in [1.807, 2.05) is 11.8 Å². The van der Waals surface area contributed by atoms with E-state index in [0.717, 1.165) is 11.4 Å². The molecule has 1 nitrogen and oxygen atoms in total. The van der Waals surface area contributed by atoms with Gasteiger partial charge in [-0.2, -0.15) is 0 Å². The molecule has 1 heterocycles. The highest BCUT2D eigenvalue weighted by atomic mass is 32.2. The standard InChI is InChI=1S/C11H13NS2/c1-7-4-8(2)11-9(5-7)12-10(13-3)6-14-11/h4-5H,6H2,1-3H3. The molecule has 0 fully saturated rings. The molecule has 1 aliphatic heterocycles. The van der Waals surface area contributed by atoms with Gasteiger partial charge in [-0.25, -0.2) is 4.99 Å². The van der Waals surface area contributed by atoms with Crippen molar-refractivity contribution >= 4 is 34.3 Å². The fraction of sp³-hybridized carbons (Fsp3) is 0.364. The zero-order valence-corrected chi connectivity index (χ0v) is 10.3. The lowest BCUT2D eigenvalue weighted by Crippen LogP contribution is -2.01. The van der Waals surface area contributed by atoms with E-state index in [-0.39, 0.29) is 0 Å². The molecule has 1 aliphatic rings. The largest absolute Gasteiger partial charge is 0.245 e. The van der Waals surface area contributed by atoms with Crippen LogP contribution in [0.4, 0.5) is 5.69 Å². The quantitative estimate of drug-likeness (QED) is 0.663. The van der Waals surface area contributed by atoms with Gasteiger partial charge in [0.1, 0.15) is 0 Å². The van der Waals surface area contributed by atoms with Crippen molar-refractivity contribution in [2.24, 2.45) is 4.99 Å². The summed E-state index contributed by atoms with van der Waals surface area (Å²) in [6, 6.07) is 4.40. The van der Waals surface area contributed by atoms with E-state index in [4.69, 9.17) is 0 Å². The minimum atomic E-state index is 1.03. The lowest BCUT2D eigenvalue weighted by atomic mass is 10.1. The summed E-state index contributed by atoms with van der Waals surface area (Å²) in [5, 5.41) is 1.23. The van der Waals surface area contributed by atoms with Gasteiger partial charge in [0.05, 0.1) is 10.7 Å². The van der Waals surface area contributed by atoms with Crippen LogP contribution in [0.25, 0.3) is 0 Å². The number of aryl methyl sites for hydroxylation is 2. The molecule has 14 heavy (non-hydrogen) atoms. The highest BCUT2D eigenvalue weighted by Gasteiger charge is 2.14. The second-order valence-electron chi connectivity index (χ2n) is 3.43. The smallest absolute Gasteiger partial charge is 0.0839 e. The van der Waals surface area contributed by atoms with E-state index in [0.29, 0.717) is 0 Å². The molecular weight excluding hydrogens is 210 g/mol. The zero-order valence-electron chi connectivity index (χ0n) is 8.63. The Morgan fingerprint density at radius 2 is 2.14 bits per heavy atom. The second kappa shape index (κ2) is 3.99. The molecule has 0 unspecified atom stereocenters. The minimum absolute atomic E-state index is 1.03. The van der Waals surface area contributed by atoms with Crippen molar-refractivity contribution in [1.82, 2.24) is 0 Å². The summed E-state index contributed by atoms with van der Waals surface area (Å²) >= 11 is 3.66. The van der Waals surface area contributed by atoms with E-state index < -0.39 is 0 Å². The topological polar surface area (TPSA) is 12.4 Å². The molecule has 0 radical (unpaired) electrons. The van der Waals surface area contributed by atoms with E-state index >= 15 is 0 Å². The highest BCUT2D eigenvalue weighted by molar-refractivity contribution is 8.15. The van der Waals surface area contributed by atoms with Gasteiger partial charge >= 0.3 is 0 Å². The fourth-order valence-corrected chi connectivity index (χ4v) is 3.32. The van der Waals surface area contributed by atoms with Gasteiger partial charge in [-0.15, -0.1) is 23.5 Å². The van der Waals surface area contributed by atoms with E-state index in [1.54, 1.807) is 11.8 Å². The summed E-state index contributed by atoms with van der Waals surface area (Å²) in [7, 11) is 0. The van der Waals surface area contributed by atoms with Crippen molar-refractivity contribution in [3.63, 3.8) is 0 Å². The average molecular weight is 223 g/mol. The number of fused-ring (bicyclic) bond motifs is 1. The SMILES string of the molecule is CSC1=Nc2cc(C)cc(C)c2SC1. The molecule has 1 aromatic rings. The molecule has 0 aliphatic carbocycles. The number of hydrogen-bond acceptors (Lipinski definition) is 3. The van der Waals surface area contributed by atoms with Crippen molar-refractivity contribution in [2.45, 2.75) is 18.7 Å². The lowest BCUT2D eigenvalue weighted by Gasteiger charge is -2.16. The summed E-state index contributed by atoms with van der Waals surface area (Å²) < 4.78 is 0. The Bertz CT molecular complexity index is 397. The van der Waals surface area contributed by atoms with Crippen molar-refractivity contribution < 1.29 is 0 Å². The molecule has 0 aromatic heterocycles. The van der Waals surface area contributed by atoms with Crippen LogP contribution < -0.4 is 0 Å². The predicted molar refractivity (Wildman–Crippen MR) is 67.3 cm³/mol. The fourth-order valence-electron chi connectivity index (χ4n) is 1.61. The maximum absolute atomic E-state index is 4.64. The van der Waals surface area contributed by atoms with Gasteiger partial charge in [-0.1, -0.05) is 6.07 Å². The zero-order chi connectivity index (χ0) is 10.1. The average Bonchev–Trinajstić information content (AvgIpc) is 2.16. The molecular formula is C11H13NS2. The predicted octanol–water partition coefficient (Wildman–Crippen LogP) is 3.80. The Morgan fingerprint density at radius 1 is 1.36 bits per heavy atom. The third kappa shape index (κ3) is 1.84. The molecule has 74 valence electrons. The molecule has 0 bridgehead atoms. The van der Waals surface area contributed by atoms with Gasteiger partial charge in [-0.3, -0.25) is 0 Å². The van der Waals surface area contributed by atoms with Crippen molar-refractivity contribution in [1.29, 1.82) is 0 Å². The molecule has 2 rings (SSSR count). The summed E-state index contributed by atoms with van der Waals surface area (Å²) in [4.78, 5) is 6.00. The highest BCUT2D eigenvalue weighted by Crippen LogP contribution is 2.38. The molecule has 0 saturated carbocycles. The van der Waals surface area contributed by atoms with Crippen LogP contribution in [0.3, 0.4) is 0 Å². The third-order valence-corrected chi connectivity index (χ3v) is 4.35. The Hall–Kier alpha value is -0.410. The van der Waals surface area contributed by atoms with Crippen molar-refractivity contribution in [2.75, 3.05) is 12.0 Å². The van der Waals surface area contributed by atoms with E-state index in [2.05, 4.69) is 37.2 Å². The van der Waals surface area contributed by atoms with Crippen LogP contribution in [0, 0.1) is 13.8 Å². The van der Waals surface area contributed by atoms with Gasteiger partial charge in [-0.05, 0) is 37.3 Å².